The molecule has 0 spiro atoms. The highest BCUT2D eigenvalue weighted by Gasteiger charge is 2.53. The molecule has 20 heavy (non-hydrogen) atoms. The number of aliphatic hydroxyl groups excluding tert-OH is 1. The first kappa shape index (κ1) is 12.8. The second-order valence-corrected chi connectivity index (χ2v) is 7.49. The van der Waals surface area contributed by atoms with Crippen molar-refractivity contribution >= 4 is 5.78 Å². The molecule has 0 aromatic heterocycles. The van der Waals surface area contributed by atoms with Gasteiger partial charge in [0.2, 0.25) is 0 Å². The Morgan fingerprint density at radius 3 is 2.85 bits per heavy atom. The summed E-state index contributed by atoms with van der Waals surface area (Å²) >= 11 is 0. The minimum Gasteiger partial charge on any atom is -0.393 e. The van der Waals surface area contributed by atoms with Crippen LogP contribution < -0.4 is 0 Å². The molecule has 2 unspecified atom stereocenters. The fourth-order valence-electron chi connectivity index (χ4n) is 5.50. The van der Waals surface area contributed by atoms with Gasteiger partial charge in [-0.3, -0.25) is 4.79 Å². The molecule has 4 aliphatic rings. The first-order valence-corrected chi connectivity index (χ1v) is 8.23. The Balaban J connectivity index is 1.74. The van der Waals surface area contributed by atoms with Crippen LogP contribution in [-0.4, -0.2) is 17.0 Å². The van der Waals surface area contributed by atoms with E-state index < -0.39 is 0 Å². The molecule has 4 atom stereocenters. The number of hydrogen-bond acceptors (Lipinski definition) is 2. The van der Waals surface area contributed by atoms with Crippen LogP contribution in [0.2, 0.25) is 0 Å². The van der Waals surface area contributed by atoms with Crippen molar-refractivity contribution in [3.8, 4) is 0 Å². The van der Waals surface area contributed by atoms with Crippen LogP contribution >= 0.6 is 0 Å². The van der Waals surface area contributed by atoms with Gasteiger partial charge in [0, 0.05) is 6.42 Å². The molecule has 4 rings (SSSR count). The van der Waals surface area contributed by atoms with Gasteiger partial charge in [0.25, 0.3) is 0 Å². The molecule has 0 bridgehead atoms. The van der Waals surface area contributed by atoms with Crippen molar-refractivity contribution in [2.75, 3.05) is 0 Å². The average molecular weight is 272 g/mol. The highest BCUT2D eigenvalue weighted by molar-refractivity contribution is 5.93. The van der Waals surface area contributed by atoms with Gasteiger partial charge in [-0.1, -0.05) is 12.5 Å². The summed E-state index contributed by atoms with van der Waals surface area (Å²) in [7, 11) is 0. The number of allylic oxidation sites excluding steroid dienone is 4. The Morgan fingerprint density at radius 1 is 1.15 bits per heavy atom. The van der Waals surface area contributed by atoms with Crippen LogP contribution in [0.4, 0.5) is 0 Å². The standard InChI is InChI=1S/C18H24O2/c1-18-9-8-14-13-5-3-12(19)10-11(13)2-4-15(14)16(18)6-7-17(18)20/h10,15-17,20H,2-9H2,1H3/t15?,16?,17-,18-/m0/s1. The first-order chi connectivity index (χ1) is 9.59. The minimum atomic E-state index is -0.0936. The molecule has 108 valence electrons. The summed E-state index contributed by atoms with van der Waals surface area (Å²) in [6.07, 6.45) is 10.2. The third kappa shape index (κ3) is 1.64. The molecule has 2 nitrogen and oxygen atoms in total. The lowest BCUT2D eigenvalue weighted by molar-refractivity contribution is -0.114. The number of hydrogen-bond donors (Lipinski definition) is 1. The molecule has 0 aromatic carbocycles. The molecule has 2 heteroatoms. The van der Waals surface area contributed by atoms with Crippen LogP contribution in [0.1, 0.15) is 58.3 Å². The number of carbonyl (C=O) groups excluding carboxylic acids is 1. The van der Waals surface area contributed by atoms with Crippen molar-refractivity contribution < 1.29 is 9.90 Å². The molecule has 1 N–H and O–H groups in total. The summed E-state index contributed by atoms with van der Waals surface area (Å²) in [6, 6.07) is 0. The van der Waals surface area contributed by atoms with Crippen LogP contribution in [0, 0.1) is 17.3 Å². The smallest absolute Gasteiger partial charge is 0.156 e. The van der Waals surface area contributed by atoms with Crippen LogP contribution in [0.3, 0.4) is 0 Å². The predicted molar refractivity (Wildman–Crippen MR) is 78.1 cm³/mol. The summed E-state index contributed by atoms with van der Waals surface area (Å²) in [5, 5.41) is 10.4. The van der Waals surface area contributed by atoms with Gasteiger partial charge in [-0.25, -0.2) is 0 Å². The summed E-state index contributed by atoms with van der Waals surface area (Å²) in [5.74, 6) is 1.68. The number of aliphatic hydroxyl groups is 1. The van der Waals surface area contributed by atoms with Crippen molar-refractivity contribution in [3.63, 3.8) is 0 Å². The molecule has 2 fully saturated rings. The van der Waals surface area contributed by atoms with Crippen molar-refractivity contribution in [2.24, 2.45) is 17.3 Å². The van der Waals surface area contributed by atoms with Gasteiger partial charge in [0.05, 0.1) is 6.10 Å². The molecular formula is C18H24O2. The van der Waals surface area contributed by atoms with Crippen molar-refractivity contribution in [1.29, 1.82) is 0 Å². The van der Waals surface area contributed by atoms with Crippen molar-refractivity contribution in [1.82, 2.24) is 0 Å². The van der Waals surface area contributed by atoms with Gasteiger partial charge in [0.15, 0.2) is 5.78 Å². The SMILES string of the molecule is C[C@]12CCC3=C4CCC(=O)C=C4CCC3C1CC[C@@H]2O. The number of rotatable bonds is 0. The largest absolute Gasteiger partial charge is 0.393 e. The molecule has 0 heterocycles. The Bertz CT molecular complexity index is 528. The molecular weight excluding hydrogens is 248 g/mol. The normalized spacial score (nSPS) is 43.8. The van der Waals surface area contributed by atoms with Crippen LogP contribution in [-0.2, 0) is 4.79 Å². The number of carbonyl (C=O) groups is 1. The highest BCUT2D eigenvalue weighted by Crippen LogP contribution is 2.59. The van der Waals surface area contributed by atoms with Crippen LogP contribution in [0.25, 0.3) is 0 Å². The van der Waals surface area contributed by atoms with Gasteiger partial charge in [-0.15, -0.1) is 0 Å². The van der Waals surface area contributed by atoms with Gasteiger partial charge in [-0.2, -0.15) is 0 Å². The third-order valence-electron chi connectivity index (χ3n) is 6.68. The molecule has 0 aromatic rings. The molecule has 4 aliphatic carbocycles. The van der Waals surface area contributed by atoms with E-state index in [1.807, 2.05) is 6.08 Å². The second kappa shape index (κ2) is 4.30. The maximum Gasteiger partial charge on any atom is 0.156 e. The molecule has 0 saturated heterocycles. The Labute approximate surface area is 120 Å². The monoisotopic (exact) mass is 272 g/mol. The lowest BCUT2D eigenvalue weighted by Crippen LogP contribution is -2.42. The minimum absolute atomic E-state index is 0.0936. The van der Waals surface area contributed by atoms with E-state index >= 15 is 0 Å². The maximum atomic E-state index is 11.6. The Morgan fingerprint density at radius 2 is 2.00 bits per heavy atom. The Hall–Kier alpha value is -0.890. The van der Waals surface area contributed by atoms with E-state index in [4.69, 9.17) is 0 Å². The molecule has 0 amide bonds. The van der Waals surface area contributed by atoms with E-state index in [-0.39, 0.29) is 11.5 Å². The zero-order valence-electron chi connectivity index (χ0n) is 12.3. The quantitative estimate of drug-likeness (QED) is 0.732. The van der Waals surface area contributed by atoms with Gasteiger partial charge in [0.1, 0.15) is 0 Å². The zero-order chi connectivity index (χ0) is 13.9. The van der Waals surface area contributed by atoms with E-state index in [0.29, 0.717) is 24.0 Å². The molecule has 0 radical (unpaired) electrons. The lowest BCUT2D eigenvalue weighted by atomic mass is 9.57. The van der Waals surface area contributed by atoms with E-state index in [1.165, 1.54) is 24.0 Å². The summed E-state index contributed by atoms with van der Waals surface area (Å²) in [5.41, 5.74) is 4.69. The maximum absolute atomic E-state index is 11.6. The molecule has 2 saturated carbocycles. The van der Waals surface area contributed by atoms with E-state index in [0.717, 1.165) is 32.1 Å². The van der Waals surface area contributed by atoms with E-state index in [9.17, 15) is 9.90 Å². The third-order valence-corrected chi connectivity index (χ3v) is 6.68. The first-order valence-electron chi connectivity index (χ1n) is 8.23. The fraction of sp³-hybridized carbons (Fsp3) is 0.722. The summed E-state index contributed by atoms with van der Waals surface area (Å²) in [4.78, 5) is 11.6. The number of fused-ring (bicyclic) bond motifs is 4. The van der Waals surface area contributed by atoms with Gasteiger partial charge < -0.3 is 5.11 Å². The van der Waals surface area contributed by atoms with E-state index in [2.05, 4.69) is 6.92 Å². The van der Waals surface area contributed by atoms with Gasteiger partial charge in [-0.05, 0) is 79.4 Å². The van der Waals surface area contributed by atoms with Crippen LogP contribution in [0.5, 0.6) is 0 Å². The Kier molecular flexibility index (Phi) is 2.76. The number of ketones is 1. The zero-order valence-corrected chi connectivity index (χ0v) is 12.3. The topological polar surface area (TPSA) is 37.3 Å². The van der Waals surface area contributed by atoms with Crippen molar-refractivity contribution in [2.45, 2.75) is 64.4 Å². The lowest BCUT2D eigenvalue weighted by Gasteiger charge is -2.48. The predicted octanol–water partition coefficient (Wildman–Crippen LogP) is 3.55. The summed E-state index contributed by atoms with van der Waals surface area (Å²) in [6.45, 7) is 2.31. The molecule has 0 aliphatic heterocycles. The second-order valence-electron chi connectivity index (χ2n) is 7.49. The van der Waals surface area contributed by atoms with Crippen LogP contribution in [0.15, 0.2) is 22.8 Å². The fourth-order valence-corrected chi connectivity index (χ4v) is 5.50. The average Bonchev–Trinajstić information content (AvgIpc) is 2.74. The van der Waals surface area contributed by atoms with Crippen molar-refractivity contribution in [3.05, 3.63) is 22.8 Å². The highest BCUT2D eigenvalue weighted by atomic mass is 16.3. The van der Waals surface area contributed by atoms with Gasteiger partial charge >= 0.3 is 0 Å². The van der Waals surface area contributed by atoms with E-state index in [1.54, 1.807) is 5.57 Å². The summed E-state index contributed by atoms with van der Waals surface area (Å²) < 4.78 is 0.